The van der Waals surface area contributed by atoms with Gasteiger partial charge in [0, 0.05) is 50.3 Å². The normalized spacial score (nSPS) is 23.6. The van der Waals surface area contributed by atoms with Crippen molar-refractivity contribution >= 4 is 50.6 Å². The molecule has 53 heavy (non-hydrogen) atoms. The Morgan fingerprint density at radius 2 is 1.13 bits per heavy atom. The molecule has 0 radical (unpaired) electrons. The number of nitrogens with one attached hydrogen (secondary N) is 2. The van der Waals surface area contributed by atoms with Gasteiger partial charge < -0.3 is 49.1 Å². The van der Waals surface area contributed by atoms with E-state index in [0.29, 0.717) is 38.8 Å². The first kappa shape index (κ1) is 38.9. The first-order chi connectivity index (χ1) is 25.1. The number of hydrogen-bond donors (Lipinski definition) is 5. The molecular formula is C32H43N4O14PS2. The van der Waals surface area contributed by atoms with E-state index in [1.807, 2.05) is 0 Å². The summed E-state index contributed by atoms with van der Waals surface area (Å²) in [6.45, 7) is 0.0115. The topological polar surface area (TPSA) is 248 Å². The lowest BCUT2D eigenvalue weighted by molar-refractivity contribution is 0.0734. The van der Waals surface area contributed by atoms with Gasteiger partial charge in [0.05, 0.1) is 69.2 Å². The SMILES string of the molecule is COc1cc2c(cc1OCCP(=O)(CCO)CCOc1cc3c(cc1OC)C(=O)N1CCC[C@H]1C(S(=O)(=O)O)N3)NC(S(=O)(=O)O)[C@@H]1CCCN1C2=O. The minimum absolute atomic E-state index is 0.0162. The molecule has 0 aliphatic carbocycles. The second kappa shape index (κ2) is 15.1. The minimum atomic E-state index is -4.61. The van der Waals surface area contributed by atoms with E-state index in [2.05, 4.69) is 10.6 Å². The Hall–Kier alpha value is -3.81. The van der Waals surface area contributed by atoms with Crippen LogP contribution in [0.2, 0.25) is 0 Å². The van der Waals surface area contributed by atoms with Gasteiger partial charge in [-0.2, -0.15) is 16.8 Å². The highest BCUT2D eigenvalue weighted by Gasteiger charge is 2.46. The van der Waals surface area contributed by atoms with Crippen molar-refractivity contribution in [2.24, 2.45) is 0 Å². The molecule has 0 spiro atoms. The number of methoxy groups -OCH3 is 2. The van der Waals surface area contributed by atoms with Gasteiger partial charge in [-0.3, -0.25) is 18.7 Å². The Morgan fingerprint density at radius 3 is 1.49 bits per heavy atom. The Morgan fingerprint density at radius 1 is 0.717 bits per heavy atom. The van der Waals surface area contributed by atoms with Crippen LogP contribution in [0.1, 0.15) is 46.4 Å². The standard InChI is InChI=1S/C32H43N4O14PS2/c1-47-25-15-19-21(33-29(52(41,42)43)23-5-3-7-35(23)31(19)38)17-27(25)49-10-13-51(40,12-9-37)14-11-50-28-18-22-20(16-26(28)48-2)32(39)36-8-4-6-24(36)30(34-22)53(44,45)46/h15-18,23-24,29-30,33-34,37H,3-14H2,1-2H3,(H,41,42,43)(H,44,45,46)/t23-,24-,29?,30?,51?/m0/s1. The zero-order valence-electron chi connectivity index (χ0n) is 29.1. The molecule has 2 fully saturated rings. The predicted octanol–water partition coefficient (Wildman–Crippen LogP) is 2.01. The summed E-state index contributed by atoms with van der Waals surface area (Å²) >= 11 is 0. The van der Waals surface area contributed by atoms with Gasteiger partial charge in [0.15, 0.2) is 33.7 Å². The van der Waals surface area contributed by atoms with E-state index in [1.54, 1.807) is 0 Å². The van der Waals surface area contributed by atoms with Crippen molar-refractivity contribution in [3.8, 4) is 23.0 Å². The van der Waals surface area contributed by atoms with E-state index in [9.17, 15) is 45.2 Å². The van der Waals surface area contributed by atoms with Crippen LogP contribution in [0.5, 0.6) is 23.0 Å². The van der Waals surface area contributed by atoms with Crippen LogP contribution in [0.4, 0.5) is 11.4 Å². The smallest absolute Gasteiger partial charge is 0.288 e. The van der Waals surface area contributed by atoms with E-state index in [0.717, 1.165) is 0 Å². The number of amides is 2. The van der Waals surface area contributed by atoms with Crippen LogP contribution in [-0.2, 0) is 24.8 Å². The van der Waals surface area contributed by atoms with Crippen LogP contribution in [0.3, 0.4) is 0 Å². The van der Waals surface area contributed by atoms with Crippen LogP contribution in [0, 0.1) is 0 Å². The molecule has 4 aliphatic heterocycles. The lowest BCUT2D eigenvalue weighted by Gasteiger charge is -2.27. The van der Waals surface area contributed by atoms with Crippen molar-refractivity contribution in [2.45, 2.75) is 48.5 Å². The molecule has 21 heteroatoms. The van der Waals surface area contributed by atoms with E-state index >= 15 is 0 Å². The summed E-state index contributed by atoms with van der Waals surface area (Å²) in [5, 5.41) is 12.4. The van der Waals surface area contributed by atoms with Crippen molar-refractivity contribution in [3.63, 3.8) is 0 Å². The summed E-state index contributed by atoms with van der Waals surface area (Å²) in [4.78, 5) is 29.6. The molecule has 5 N–H and O–H groups in total. The third kappa shape index (κ3) is 7.88. The number of carbonyl (C=O) groups is 2. The molecule has 292 valence electrons. The quantitative estimate of drug-likeness (QED) is 0.135. The van der Waals surface area contributed by atoms with Crippen molar-refractivity contribution in [3.05, 3.63) is 35.4 Å². The summed E-state index contributed by atoms with van der Waals surface area (Å²) in [6, 6.07) is 4.08. The van der Waals surface area contributed by atoms with Crippen molar-refractivity contribution in [1.82, 2.24) is 9.80 Å². The third-order valence-electron chi connectivity index (χ3n) is 10.1. The molecule has 2 saturated heterocycles. The number of rotatable bonds is 14. The van der Waals surface area contributed by atoms with Crippen LogP contribution in [-0.4, -0.2) is 141 Å². The number of nitrogens with zero attached hydrogens (tertiary/aromatic N) is 2. The van der Waals surface area contributed by atoms with Crippen LogP contribution in [0.15, 0.2) is 24.3 Å². The molecule has 4 aliphatic rings. The molecule has 2 aromatic rings. The molecule has 2 unspecified atom stereocenters. The second-order valence-electron chi connectivity index (χ2n) is 13.3. The van der Waals surface area contributed by atoms with E-state index in [1.165, 1.54) is 48.3 Å². The van der Waals surface area contributed by atoms with Gasteiger partial charge in [0.1, 0.15) is 0 Å². The number of carbonyl (C=O) groups excluding carboxylic acids is 2. The number of hydrogen-bond acceptors (Lipinski definition) is 14. The number of aliphatic hydroxyl groups is 1. The minimum Gasteiger partial charge on any atom is -0.493 e. The van der Waals surface area contributed by atoms with Crippen LogP contribution < -0.4 is 29.6 Å². The molecule has 2 aromatic carbocycles. The number of ether oxygens (including phenoxy) is 4. The average molecular weight is 803 g/mol. The summed E-state index contributed by atoms with van der Waals surface area (Å²) in [5.41, 5.74) is 0.502. The van der Waals surface area contributed by atoms with Gasteiger partial charge in [-0.1, -0.05) is 0 Å². The summed E-state index contributed by atoms with van der Waals surface area (Å²) in [6.07, 6.45) is 1.82. The van der Waals surface area contributed by atoms with Crippen molar-refractivity contribution in [2.75, 3.05) is 76.2 Å². The van der Waals surface area contributed by atoms with Gasteiger partial charge in [0.25, 0.3) is 32.1 Å². The predicted molar refractivity (Wildman–Crippen MR) is 192 cm³/mol. The van der Waals surface area contributed by atoms with Gasteiger partial charge in [0.2, 0.25) is 0 Å². The summed E-state index contributed by atoms with van der Waals surface area (Å²) in [7, 11) is -9.65. The first-order valence-electron chi connectivity index (χ1n) is 17.0. The fraction of sp³-hybridized carbons (Fsp3) is 0.562. The summed E-state index contributed by atoms with van der Waals surface area (Å²) in [5.74, 6) is -0.278. The second-order valence-corrected chi connectivity index (χ2v) is 19.9. The van der Waals surface area contributed by atoms with E-state index in [-0.39, 0.29) is 83.8 Å². The van der Waals surface area contributed by atoms with E-state index < -0.39 is 62.0 Å². The Balaban J connectivity index is 1.16. The van der Waals surface area contributed by atoms with Gasteiger partial charge in [-0.25, -0.2) is 0 Å². The zero-order chi connectivity index (χ0) is 38.3. The number of fused-ring (bicyclic) bond motifs is 4. The molecule has 2 amide bonds. The fourth-order valence-corrected chi connectivity index (χ4v) is 11.3. The van der Waals surface area contributed by atoms with Crippen LogP contribution in [0.25, 0.3) is 0 Å². The lowest BCUT2D eigenvalue weighted by Crippen LogP contribution is -2.47. The number of aliphatic hydroxyl groups excluding tert-OH is 1. The van der Waals surface area contributed by atoms with Crippen molar-refractivity contribution in [1.29, 1.82) is 0 Å². The molecule has 4 heterocycles. The fourth-order valence-electron chi connectivity index (χ4n) is 7.49. The highest BCUT2D eigenvalue weighted by Crippen LogP contribution is 2.46. The lowest BCUT2D eigenvalue weighted by atomic mass is 10.1. The van der Waals surface area contributed by atoms with Gasteiger partial charge >= 0.3 is 0 Å². The number of benzene rings is 2. The Bertz CT molecular complexity index is 1890. The van der Waals surface area contributed by atoms with Crippen molar-refractivity contribution < 1.29 is 64.1 Å². The maximum atomic E-state index is 14.0. The maximum Gasteiger partial charge on any atom is 0.288 e. The highest BCUT2D eigenvalue weighted by molar-refractivity contribution is 7.86. The molecule has 0 saturated carbocycles. The first-order valence-corrected chi connectivity index (χ1v) is 22.3. The molecule has 4 atom stereocenters. The zero-order valence-corrected chi connectivity index (χ0v) is 31.6. The largest absolute Gasteiger partial charge is 0.493 e. The van der Waals surface area contributed by atoms with E-state index in [4.69, 9.17) is 18.9 Å². The number of anilines is 2. The highest BCUT2D eigenvalue weighted by atomic mass is 32.2. The third-order valence-corrected chi connectivity index (χ3v) is 15.3. The van der Waals surface area contributed by atoms with Crippen LogP contribution >= 0.6 is 7.14 Å². The van der Waals surface area contributed by atoms with Gasteiger partial charge in [-0.05, 0) is 37.8 Å². The average Bonchev–Trinajstić information content (AvgIpc) is 3.74. The maximum absolute atomic E-state index is 14.0. The Kier molecular flexibility index (Phi) is 11.1. The molecule has 18 nitrogen and oxygen atoms in total. The monoisotopic (exact) mass is 802 g/mol. The van der Waals surface area contributed by atoms with Gasteiger partial charge in [-0.15, -0.1) is 0 Å². The molecule has 6 rings (SSSR count). The molecule has 0 aromatic heterocycles. The Labute approximate surface area is 307 Å². The molecule has 0 bridgehead atoms. The molecular weight excluding hydrogens is 759 g/mol. The summed E-state index contributed by atoms with van der Waals surface area (Å²) < 4.78 is 106.